The van der Waals surface area contributed by atoms with Crippen LogP contribution in [-0.2, 0) is 17.8 Å². The molecule has 0 bridgehead atoms. The van der Waals surface area contributed by atoms with Crippen LogP contribution in [0.1, 0.15) is 25.0 Å². The molecule has 0 radical (unpaired) electrons. The molecule has 1 aromatic carbocycles. The highest BCUT2D eigenvalue weighted by Crippen LogP contribution is 2.23. The Morgan fingerprint density at radius 3 is 2.83 bits per heavy atom. The van der Waals surface area contributed by atoms with Crippen LogP contribution in [0.15, 0.2) is 18.2 Å². The van der Waals surface area contributed by atoms with Gasteiger partial charge in [0.15, 0.2) is 0 Å². The Morgan fingerprint density at radius 1 is 1.39 bits per heavy atom. The van der Waals surface area contributed by atoms with Crippen molar-refractivity contribution in [2.45, 2.75) is 32.5 Å². The summed E-state index contributed by atoms with van der Waals surface area (Å²) in [4.78, 5) is 2.36. The van der Waals surface area contributed by atoms with Crippen LogP contribution in [0.4, 0.5) is 4.39 Å². The quantitative estimate of drug-likeness (QED) is 0.893. The zero-order valence-electron chi connectivity index (χ0n) is 11.1. The first-order valence-corrected chi connectivity index (χ1v) is 6.33. The van der Waals surface area contributed by atoms with Crippen molar-refractivity contribution in [2.75, 3.05) is 19.8 Å². The lowest BCUT2D eigenvalue weighted by Crippen LogP contribution is -2.52. The third kappa shape index (κ3) is 2.88. The standard InChI is InChI=1S/C14H21FN2O/c1-14(2)10-18-6-5-17(14)9-11-3-4-13(15)7-12(11)8-16/h3-4,7H,5-6,8-10,16H2,1-2H3. The summed E-state index contributed by atoms with van der Waals surface area (Å²) in [6.07, 6.45) is 0. The Hall–Kier alpha value is -0.970. The first kappa shape index (κ1) is 13.5. The van der Waals surface area contributed by atoms with Crippen molar-refractivity contribution in [3.8, 4) is 0 Å². The monoisotopic (exact) mass is 252 g/mol. The Balaban J connectivity index is 2.17. The maximum atomic E-state index is 13.2. The van der Waals surface area contributed by atoms with Crippen LogP contribution >= 0.6 is 0 Å². The van der Waals surface area contributed by atoms with Crippen LogP contribution in [0.25, 0.3) is 0 Å². The summed E-state index contributed by atoms with van der Waals surface area (Å²) in [5, 5.41) is 0. The normalized spacial score (nSPS) is 20.0. The van der Waals surface area contributed by atoms with E-state index in [0.717, 1.165) is 37.4 Å². The zero-order chi connectivity index (χ0) is 13.2. The van der Waals surface area contributed by atoms with Gasteiger partial charge < -0.3 is 10.5 Å². The molecular weight excluding hydrogens is 231 g/mol. The molecular formula is C14H21FN2O. The summed E-state index contributed by atoms with van der Waals surface area (Å²) in [6.45, 7) is 7.87. The van der Waals surface area contributed by atoms with Crippen molar-refractivity contribution < 1.29 is 9.13 Å². The van der Waals surface area contributed by atoms with Gasteiger partial charge >= 0.3 is 0 Å². The van der Waals surface area contributed by atoms with E-state index in [1.165, 1.54) is 12.1 Å². The molecule has 1 saturated heterocycles. The Kier molecular flexibility index (Phi) is 4.00. The lowest BCUT2D eigenvalue weighted by atomic mass is 9.99. The van der Waals surface area contributed by atoms with Gasteiger partial charge in [0.05, 0.1) is 13.2 Å². The van der Waals surface area contributed by atoms with Gasteiger partial charge in [-0.05, 0) is 37.1 Å². The van der Waals surface area contributed by atoms with Gasteiger partial charge in [0, 0.05) is 25.2 Å². The maximum absolute atomic E-state index is 13.2. The Morgan fingerprint density at radius 2 is 2.17 bits per heavy atom. The molecule has 0 unspecified atom stereocenters. The molecule has 1 aromatic rings. The van der Waals surface area contributed by atoms with Crippen molar-refractivity contribution in [3.05, 3.63) is 35.1 Å². The molecule has 18 heavy (non-hydrogen) atoms. The molecule has 3 nitrogen and oxygen atoms in total. The number of halogens is 1. The van der Waals surface area contributed by atoms with Crippen LogP contribution in [0.3, 0.4) is 0 Å². The second-order valence-corrected chi connectivity index (χ2v) is 5.40. The Labute approximate surface area is 108 Å². The third-order valence-corrected chi connectivity index (χ3v) is 3.57. The van der Waals surface area contributed by atoms with Gasteiger partial charge in [0.2, 0.25) is 0 Å². The van der Waals surface area contributed by atoms with E-state index in [2.05, 4.69) is 18.7 Å². The summed E-state index contributed by atoms with van der Waals surface area (Å²) in [7, 11) is 0. The maximum Gasteiger partial charge on any atom is 0.123 e. The largest absolute Gasteiger partial charge is 0.378 e. The predicted molar refractivity (Wildman–Crippen MR) is 69.6 cm³/mol. The van der Waals surface area contributed by atoms with E-state index in [9.17, 15) is 4.39 Å². The molecule has 2 N–H and O–H groups in total. The fourth-order valence-electron chi connectivity index (χ4n) is 2.33. The van der Waals surface area contributed by atoms with E-state index in [4.69, 9.17) is 10.5 Å². The average molecular weight is 252 g/mol. The van der Waals surface area contributed by atoms with Gasteiger partial charge in [0.25, 0.3) is 0 Å². The van der Waals surface area contributed by atoms with Crippen molar-refractivity contribution >= 4 is 0 Å². The second-order valence-electron chi connectivity index (χ2n) is 5.40. The number of ether oxygens (including phenoxy) is 1. The fourth-order valence-corrected chi connectivity index (χ4v) is 2.33. The molecule has 0 spiro atoms. The molecule has 0 saturated carbocycles. The van der Waals surface area contributed by atoms with E-state index >= 15 is 0 Å². The SMILES string of the molecule is CC1(C)COCCN1Cc1ccc(F)cc1CN. The minimum Gasteiger partial charge on any atom is -0.378 e. The van der Waals surface area contributed by atoms with Crippen LogP contribution < -0.4 is 5.73 Å². The molecule has 0 aromatic heterocycles. The molecule has 1 fully saturated rings. The minimum absolute atomic E-state index is 0.0124. The van der Waals surface area contributed by atoms with Gasteiger partial charge in [-0.3, -0.25) is 4.90 Å². The Bertz CT molecular complexity index is 420. The average Bonchev–Trinajstić information content (AvgIpc) is 2.33. The van der Waals surface area contributed by atoms with Crippen molar-refractivity contribution in [3.63, 3.8) is 0 Å². The summed E-state index contributed by atoms with van der Waals surface area (Å²) < 4.78 is 18.7. The summed E-state index contributed by atoms with van der Waals surface area (Å²) in [5.74, 6) is -0.222. The molecule has 0 aliphatic carbocycles. The molecule has 2 rings (SSSR count). The first-order valence-electron chi connectivity index (χ1n) is 6.33. The number of nitrogens with two attached hydrogens (primary N) is 1. The van der Waals surface area contributed by atoms with E-state index in [1.807, 2.05) is 6.07 Å². The lowest BCUT2D eigenvalue weighted by molar-refractivity contribution is -0.0553. The van der Waals surface area contributed by atoms with Crippen molar-refractivity contribution in [1.82, 2.24) is 4.90 Å². The predicted octanol–water partition coefficient (Wildman–Crippen LogP) is 1.90. The summed E-state index contributed by atoms with van der Waals surface area (Å²) >= 11 is 0. The highest BCUT2D eigenvalue weighted by molar-refractivity contribution is 5.28. The minimum atomic E-state index is -0.222. The number of nitrogens with zero attached hydrogens (tertiary/aromatic N) is 1. The molecule has 0 atom stereocenters. The number of rotatable bonds is 3. The zero-order valence-corrected chi connectivity index (χ0v) is 11.1. The van der Waals surface area contributed by atoms with Crippen LogP contribution in [0.2, 0.25) is 0 Å². The van der Waals surface area contributed by atoms with Gasteiger partial charge in [-0.2, -0.15) is 0 Å². The number of morpholine rings is 1. The van der Waals surface area contributed by atoms with Gasteiger partial charge in [0.1, 0.15) is 5.82 Å². The van der Waals surface area contributed by atoms with Crippen LogP contribution in [-0.4, -0.2) is 30.2 Å². The lowest BCUT2D eigenvalue weighted by Gasteiger charge is -2.42. The summed E-state index contributed by atoms with van der Waals surface area (Å²) in [5.41, 5.74) is 7.69. The molecule has 1 heterocycles. The van der Waals surface area contributed by atoms with Gasteiger partial charge in [-0.15, -0.1) is 0 Å². The summed E-state index contributed by atoms with van der Waals surface area (Å²) in [6, 6.07) is 4.87. The number of hydrogen-bond acceptors (Lipinski definition) is 3. The number of hydrogen-bond donors (Lipinski definition) is 1. The molecule has 1 aliphatic rings. The van der Waals surface area contributed by atoms with E-state index < -0.39 is 0 Å². The van der Waals surface area contributed by atoms with Gasteiger partial charge in [-0.25, -0.2) is 4.39 Å². The fraction of sp³-hybridized carbons (Fsp3) is 0.571. The van der Waals surface area contributed by atoms with Gasteiger partial charge in [-0.1, -0.05) is 6.07 Å². The molecule has 1 aliphatic heterocycles. The molecule has 4 heteroatoms. The van der Waals surface area contributed by atoms with E-state index in [1.54, 1.807) is 0 Å². The van der Waals surface area contributed by atoms with Crippen molar-refractivity contribution in [1.29, 1.82) is 0 Å². The first-order chi connectivity index (χ1) is 8.53. The topological polar surface area (TPSA) is 38.5 Å². The van der Waals surface area contributed by atoms with Crippen LogP contribution in [0, 0.1) is 5.82 Å². The molecule has 100 valence electrons. The molecule has 0 amide bonds. The van der Waals surface area contributed by atoms with E-state index in [-0.39, 0.29) is 11.4 Å². The van der Waals surface area contributed by atoms with Crippen LogP contribution in [0.5, 0.6) is 0 Å². The number of benzene rings is 1. The third-order valence-electron chi connectivity index (χ3n) is 3.57. The van der Waals surface area contributed by atoms with E-state index in [0.29, 0.717) is 6.54 Å². The van der Waals surface area contributed by atoms with Crippen molar-refractivity contribution in [2.24, 2.45) is 5.73 Å². The smallest absolute Gasteiger partial charge is 0.123 e. The highest BCUT2D eigenvalue weighted by Gasteiger charge is 2.30. The highest BCUT2D eigenvalue weighted by atomic mass is 19.1. The second kappa shape index (κ2) is 5.34.